The molecule has 2 aromatic carbocycles. The molecule has 1 aliphatic rings. The third-order valence-electron chi connectivity index (χ3n) is 6.15. The first kappa shape index (κ1) is 22.0. The number of H-pyrrole nitrogens is 1. The first-order valence-electron chi connectivity index (χ1n) is 11.1. The number of rotatable bonds is 4. The van der Waals surface area contributed by atoms with E-state index in [1.54, 1.807) is 65.8 Å². The van der Waals surface area contributed by atoms with Crippen molar-refractivity contribution in [3.05, 3.63) is 99.6 Å². The number of fused-ring (bicyclic) bond motifs is 1. The molecule has 3 heterocycles. The summed E-state index contributed by atoms with van der Waals surface area (Å²) in [5, 5.41) is 4.55. The van der Waals surface area contributed by atoms with Gasteiger partial charge in [0.25, 0.3) is 17.4 Å². The fourth-order valence-electron chi connectivity index (χ4n) is 4.37. The highest BCUT2D eigenvalue weighted by molar-refractivity contribution is 6.35. The van der Waals surface area contributed by atoms with Crippen LogP contribution in [-0.4, -0.2) is 45.4 Å². The van der Waals surface area contributed by atoms with Gasteiger partial charge in [-0.25, -0.2) is 0 Å². The lowest BCUT2D eigenvalue weighted by molar-refractivity contribution is 0.0676. The Balaban J connectivity index is 1.25. The zero-order valence-corrected chi connectivity index (χ0v) is 19.1. The number of nitrogens with one attached hydrogen (secondary N) is 2. The number of hydrogen-bond acceptors (Lipinski definition) is 3. The average molecular weight is 475 g/mol. The van der Waals surface area contributed by atoms with Crippen molar-refractivity contribution in [3.63, 3.8) is 0 Å². The largest absolute Gasteiger partial charge is 0.360 e. The first-order chi connectivity index (χ1) is 16.5. The van der Waals surface area contributed by atoms with E-state index in [9.17, 15) is 14.4 Å². The van der Waals surface area contributed by atoms with Crippen molar-refractivity contribution in [3.8, 4) is 5.69 Å². The second-order valence-corrected chi connectivity index (χ2v) is 8.82. The van der Waals surface area contributed by atoms with Gasteiger partial charge in [0.05, 0.1) is 5.02 Å². The number of piperidine rings is 1. The minimum Gasteiger partial charge on any atom is -0.360 e. The highest BCUT2D eigenvalue weighted by Crippen LogP contribution is 2.24. The molecule has 2 N–H and O–H groups in total. The number of pyridine rings is 1. The summed E-state index contributed by atoms with van der Waals surface area (Å²) in [5.74, 6) is -0.266. The molecule has 5 rings (SSSR count). The molecule has 0 saturated carbocycles. The maximum Gasteiger partial charge on any atom is 0.255 e. The summed E-state index contributed by atoms with van der Waals surface area (Å²) in [7, 11) is 0. The van der Waals surface area contributed by atoms with Gasteiger partial charge in [-0.15, -0.1) is 0 Å². The van der Waals surface area contributed by atoms with E-state index in [-0.39, 0.29) is 23.4 Å². The molecule has 7 nitrogen and oxygen atoms in total. The smallest absolute Gasteiger partial charge is 0.255 e. The van der Waals surface area contributed by atoms with E-state index >= 15 is 0 Å². The van der Waals surface area contributed by atoms with E-state index in [4.69, 9.17) is 11.6 Å². The Kier molecular flexibility index (Phi) is 5.94. The van der Waals surface area contributed by atoms with Crippen LogP contribution in [0.5, 0.6) is 0 Å². The summed E-state index contributed by atoms with van der Waals surface area (Å²) < 4.78 is 1.53. The number of hydrogen-bond donors (Lipinski definition) is 2. The van der Waals surface area contributed by atoms with E-state index < -0.39 is 0 Å². The first-order valence-corrected chi connectivity index (χ1v) is 11.5. The summed E-state index contributed by atoms with van der Waals surface area (Å²) in [6.07, 6.45) is 5.00. The van der Waals surface area contributed by atoms with Crippen LogP contribution < -0.4 is 10.9 Å². The second-order valence-electron chi connectivity index (χ2n) is 8.42. The van der Waals surface area contributed by atoms with Gasteiger partial charge in [0.15, 0.2) is 0 Å². The van der Waals surface area contributed by atoms with Crippen molar-refractivity contribution >= 4 is 34.3 Å². The SMILES string of the molecule is O=C(NC1CCCN(C(=O)c2ccc(-n3ccccc3=O)cc2)C1)c1ccc2c(Cl)c[nH]c2c1. The van der Waals surface area contributed by atoms with Crippen LogP contribution in [-0.2, 0) is 0 Å². The molecular formula is C26H23ClN4O3. The molecule has 4 aromatic rings. The summed E-state index contributed by atoms with van der Waals surface area (Å²) in [6, 6.07) is 17.2. The van der Waals surface area contributed by atoms with E-state index in [2.05, 4.69) is 10.3 Å². The lowest BCUT2D eigenvalue weighted by Crippen LogP contribution is -2.49. The van der Waals surface area contributed by atoms with Gasteiger partial charge in [0.1, 0.15) is 0 Å². The van der Waals surface area contributed by atoms with Gasteiger partial charge in [0, 0.05) is 65.3 Å². The normalized spacial score (nSPS) is 15.9. The Morgan fingerprint density at radius 3 is 2.62 bits per heavy atom. The molecule has 0 radical (unpaired) electrons. The molecule has 1 aliphatic heterocycles. The van der Waals surface area contributed by atoms with Crippen molar-refractivity contribution in [1.29, 1.82) is 0 Å². The average Bonchev–Trinajstić information content (AvgIpc) is 3.24. The predicted octanol–water partition coefficient (Wildman–Crippen LogP) is 4.01. The molecule has 0 aliphatic carbocycles. The molecule has 1 fully saturated rings. The number of carbonyl (C=O) groups excluding carboxylic acids is 2. The van der Waals surface area contributed by atoms with Crippen LogP contribution in [0.25, 0.3) is 16.6 Å². The van der Waals surface area contributed by atoms with Crippen LogP contribution in [0, 0.1) is 0 Å². The summed E-state index contributed by atoms with van der Waals surface area (Å²) >= 11 is 6.12. The Labute approximate surface area is 201 Å². The molecule has 1 atom stereocenters. The van der Waals surface area contributed by atoms with Gasteiger partial charge in [-0.1, -0.05) is 23.7 Å². The number of halogens is 1. The van der Waals surface area contributed by atoms with Crippen LogP contribution in [0.4, 0.5) is 0 Å². The number of likely N-dealkylation sites (tertiary alicyclic amines) is 1. The second kappa shape index (κ2) is 9.19. The molecule has 172 valence electrons. The molecule has 1 unspecified atom stereocenters. The molecule has 2 amide bonds. The Morgan fingerprint density at radius 1 is 1.03 bits per heavy atom. The molecular weight excluding hydrogens is 452 g/mol. The van der Waals surface area contributed by atoms with Crippen LogP contribution in [0.1, 0.15) is 33.6 Å². The lowest BCUT2D eigenvalue weighted by Gasteiger charge is -2.33. The van der Waals surface area contributed by atoms with Gasteiger partial charge < -0.3 is 15.2 Å². The third-order valence-corrected chi connectivity index (χ3v) is 6.46. The number of carbonyl (C=O) groups is 2. The monoisotopic (exact) mass is 474 g/mol. The van der Waals surface area contributed by atoms with Crippen molar-refractivity contribution in [1.82, 2.24) is 19.8 Å². The van der Waals surface area contributed by atoms with Crippen LogP contribution >= 0.6 is 11.6 Å². The Bertz CT molecular complexity index is 1420. The van der Waals surface area contributed by atoms with Crippen LogP contribution in [0.3, 0.4) is 0 Å². The highest BCUT2D eigenvalue weighted by atomic mass is 35.5. The van der Waals surface area contributed by atoms with Crippen molar-refractivity contribution in [2.24, 2.45) is 0 Å². The number of nitrogens with zero attached hydrogens (tertiary/aromatic N) is 2. The van der Waals surface area contributed by atoms with Gasteiger partial charge in [-0.05, 0) is 55.3 Å². The summed E-state index contributed by atoms with van der Waals surface area (Å²) in [4.78, 5) is 42.8. The molecule has 2 aromatic heterocycles. The third kappa shape index (κ3) is 4.34. The predicted molar refractivity (Wildman–Crippen MR) is 132 cm³/mol. The maximum absolute atomic E-state index is 13.1. The van der Waals surface area contributed by atoms with E-state index in [1.807, 2.05) is 6.07 Å². The lowest BCUT2D eigenvalue weighted by atomic mass is 10.0. The highest BCUT2D eigenvalue weighted by Gasteiger charge is 2.26. The standard InChI is InChI=1S/C26H23ClN4O3/c27-22-15-28-23-14-18(8-11-21(22)23)25(33)29-19-4-3-12-30(16-19)26(34)17-6-9-20(10-7-17)31-13-2-1-5-24(31)32/h1-2,5-11,13-15,19,28H,3-4,12,16H2,(H,29,33). The molecule has 34 heavy (non-hydrogen) atoms. The van der Waals surface area contributed by atoms with Crippen molar-refractivity contribution in [2.45, 2.75) is 18.9 Å². The zero-order valence-electron chi connectivity index (χ0n) is 18.3. The fraction of sp³-hybridized carbons (Fsp3) is 0.192. The van der Waals surface area contributed by atoms with Crippen LogP contribution in [0.2, 0.25) is 5.02 Å². The number of benzene rings is 2. The van der Waals surface area contributed by atoms with Gasteiger partial charge >= 0.3 is 0 Å². The zero-order chi connectivity index (χ0) is 23.7. The molecule has 1 saturated heterocycles. The van der Waals surface area contributed by atoms with E-state index in [1.165, 1.54) is 10.6 Å². The number of aromatic nitrogens is 2. The molecule has 8 heteroatoms. The minimum absolute atomic E-state index is 0.0895. The Morgan fingerprint density at radius 2 is 1.82 bits per heavy atom. The minimum atomic E-state index is -0.176. The molecule has 0 spiro atoms. The molecule has 0 bridgehead atoms. The van der Waals surface area contributed by atoms with Crippen molar-refractivity contribution < 1.29 is 9.59 Å². The fourth-order valence-corrected chi connectivity index (χ4v) is 4.59. The Hall–Kier alpha value is -3.84. The van der Waals surface area contributed by atoms with Gasteiger partial charge in [0.2, 0.25) is 0 Å². The topological polar surface area (TPSA) is 87.2 Å². The number of amides is 2. The summed E-state index contributed by atoms with van der Waals surface area (Å²) in [5.41, 5.74) is 2.47. The van der Waals surface area contributed by atoms with Crippen molar-refractivity contribution in [2.75, 3.05) is 13.1 Å². The van der Waals surface area contributed by atoms with E-state index in [0.717, 1.165) is 23.7 Å². The van der Waals surface area contributed by atoms with E-state index in [0.29, 0.717) is 34.9 Å². The van der Waals surface area contributed by atoms with Gasteiger partial charge in [-0.3, -0.25) is 19.0 Å². The summed E-state index contributed by atoms with van der Waals surface area (Å²) in [6.45, 7) is 1.08. The maximum atomic E-state index is 13.1. The van der Waals surface area contributed by atoms with Crippen LogP contribution in [0.15, 0.2) is 77.9 Å². The quantitative estimate of drug-likeness (QED) is 0.468. The van der Waals surface area contributed by atoms with Gasteiger partial charge in [-0.2, -0.15) is 0 Å². The number of aromatic amines is 1.